The number of fused-ring (bicyclic) bond motifs is 1. The SMILES string of the molecule is CC(=O)OCC1OC(OC2=C(CC=C(Cl)Cl)C(=O)c3ccccc3C2=O)C(OC(C)=O)C(OC(C)=O)C1OC(C)=O. The summed E-state index contributed by atoms with van der Waals surface area (Å²) in [5, 5.41) is 0. The molecule has 1 aromatic carbocycles. The number of Topliss-reactive ketones (excluding diaryl/α,β-unsaturated/α-hetero) is 2. The Bertz CT molecular complexity index is 1310. The Balaban J connectivity index is 2.15. The number of hydrogen-bond donors (Lipinski definition) is 0. The molecule has 220 valence electrons. The number of rotatable bonds is 9. The lowest BCUT2D eigenvalue weighted by atomic mass is 9.86. The Morgan fingerprint density at radius 2 is 1.34 bits per heavy atom. The Morgan fingerprint density at radius 1 is 0.805 bits per heavy atom. The first-order chi connectivity index (χ1) is 19.3. The number of ketones is 2. The number of esters is 4. The van der Waals surface area contributed by atoms with Crippen LogP contribution in [0.4, 0.5) is 0 Å². The summed E-state index contributed by atoms with van der Waals surface area (Å²) in [5.41, 5.74) is 0.00341. The van der Waals surface area contributed by atoms with E-state index in [1.165, 1.54) is 18.2 Å². The highest BCUT2D eigenvalue weighted by molar-refractivity contribution is 6.55. The summed E-state index contributed by atoms with van der Waals surface area (Å²) in [6.45, 7) is 3.80. The zero-order chi connectivity index (χ0) is 30.4. The maximum absolute atomic E-state index is 13.6. The molecule has 1 saturated heterocycles. The van der Waals surface area contributed by atoms with Crippen LogP contribution in [0.25, 0.3) is 0 Å². The van der Waals surface area contributed by atoms with Crippen molar-refractivity contribution in [2.24, 2.45) is 0 Å². The molecule has 1 heterocycles. The summed E-state index contributed by atoms with van der Waals surface area (Å²) in [5.74, 6) is -4.99. The fourth-order valence-corrected chi connectivity index (χ4v) is 4.45. The zero-order valence-corrected chi connectivity index (χ0v) is 23.9. The Hall–Kier alpha value is -3.74. The third-order valence-corrected chi connectivity index (χ3v) is 6.12. The maximum Gasteiger partial charge on any atom is 0.303 e. The molecular formula is C27H26Cl2O12. The van der Waals surface area contributed by atoms with E-state index in [0.717, 1.165) is 27.7 Å². The minimum Gasteiger partial charge on any atom is -0.463 e. The van der Waals surface area contributed by atoms with Crippen LogP contribution in [0.5, 0.6) is 0 Å². The third-order valence-electron chi connectivity index (χ3n) is 5.81. The van der Waals surface area contributed by atoms with Gasteiger partial charge in [-0.3, -0.25) is 28.8 Å². The molecule has 2 aliphatic rings. The molecule has 12 nitrogen and oxygen atoms in total. The van der Waals surface area contributed by atoms with Crippen molar-refractivity contribution in [1.82, 2.24) is 0 Å². The molecule has 1 aliphatic heterocycles. The summed E-state index contributed by atoms with van der Waals surface area (Å²) in [6, 6.07) is 6.02. The molecule has 0 radical (unpaired) electrons. The van der Waals surface area contributed by atoms with E-state index in [4.69, 9.17) is 51.6 Å². The number of carbonyl (C=O) groups excluding carboxylic acids is 6. The van der Waals surface area contributed by atoms with Crippen molar-refractivity contribution in [2.75, 3.05) is 6.61 Å². The fraction of sp³-hybridized carbons (Fsp3) is 0.407. The molecule has 0 bridgehead atoms. The number of halogens is 2. The van der Waals surface area contributed by atoms with Crippen LogP contribution in [0, 0.1) is 0 Å². The van der Waals surface area contributed by atoms with E-state index in [-0.39, 0.29) is 27.6 Å². The molecule has 1 aliphatic carbocycles. The van der Waals surface area contributed by atoms with E-state index in [1.54, 1.807) is 12.1 Å². The number of carbonyl (C=O) groups is 6. The van der Waals surface area contributed by atoms with Gasteiger partial charge in [-0.25, -0.2) is 0 Å². The molecule has 1 aromatic rings. The van der Waals surface area contributed by atoms with E-state index in [2.05, 4.69) is 0 Å². The molecule has 3 rings (SSSR count). The van der Waals surface area contributed by atoms with Gasteiger partial charge in [0.1, 0.15) is 17.2 Å². The number of allylic oxidation sites excluding steroid dienone is 3. The first-order valence-electron chi connectivity index (χ1n) is 12.2. The standard InChI is InChI=1S/C27H26Cl2O12/c1-12(30)36-11-19-24(37-13(2)31)25(38-14(3)32)26(39-15(4)33)27(40-19)41-23-18(9-10-20(28)29)21(34)16-7-5-6-8-17(16)22(23)35/h5-8,10,19,24-27H,9,11H2,1-4H3. The monoisotopic (exact) mass is 612 g/mol. The highest BCUT2D eigenvalue weighted by Crippen LogP contribution is 2.35. The highest BCUT2D eigenvalue weighted by atomic mass is 35.5. The van der Waals surface area contributed by atoms with Crippen LogP contribution in [0.1, 0.15) is 54.8 Å². The predicted octanol–water partition coefficient (Wildman–Crippen LogP) is 3.13. The minimum absolute atomic E-state index is 0.0304. The molecule has 0 aromatic heterocycles. The normalized spacial score (nSPS) is 23.6. The summed E-state index contributed by atoms with van der Waals surface area (Å²) in [6.07, 6.45) is -6.59. The van der Waals surface area contributed by atoms with Crippen molar-refractivity contribution in [2.45, 2.75) is 64.8 Å². The Labute approximate surface area is 244 Å². The van der Waals surface area contributed by atoms with Gasteiger partial charge < -0.3 is 28.4 Å². The average Bonchev–Trinajstić information content (AvgIpc) is 2.88. The van der Waals surface area contributed by atoms with Crippen LogP contribution >= 0.6 is 23.2 Å². The van der Waals surface area contributed by atoms with Crippen LogP contribution in [0.3, 0.4) is 0 Å². The fourth-order valence-electron chi connectivity index (χ4n) is 4.29. The van der Waals surface area contributed by atoms with Gasteiger partial charge in [-0.2, -0.15) is 0 Å². The summed E-state index contributed by atoms with van der Waals surface area (Å²) in [4.78, 5) is 74.6. The second kappa shape index (κ2) is 13.7. The van der Waals surface area contributed by atoms with Crippen molar-refractivity contribution in [1.29, 1.82) is 0 Å². The Kier molecular flexibility index (Phi) is 10.7. The molecule has 0 amide bonds. The number of benzene rings is 1. The van der Waals surface area contributed by atoms with Gasteiger partial charge in [-0.15, -0.1) is 0 Å². The van der Waals surface area contributed by atoms with Crippen LogP contribution < -0.4 is 0 Å². The molecule has 5 atom stereocenters. The highest BCUT2D eigenvalue weighted by Gasteiger charge is 2.54. The smallest absolute Gasteiger partial charge is 0.303 e. The first-order valence-corrected chi connectivity index (χ1v) is 13.0. The van der Waals surface area contributed by atoms with Crippen LogP contribution in [-0.2, 0) is 47.6 Å². The minimum atomic E-state index is -1.72. The van der Waals surface area contributed by atoms with Crippen molar-refractivity contribution < 1.29 is 57.2 Å². The molecule has 0 saturated carbocycles. The van der Waals surface area contributed by atoms with Crippen molar-refractivity contribution in [3.8, 4) is 0 Å². The molecule has 1 fully saturated rings. The lowest BCUT2D eigenvalue weighted by Gasteiger charge is -2.44. The van der Waals surface area contributed by atoms with Crippen LogP contribution in [0.15, 0.2) is 46.2 Å². The zero-order valence-electron chi connectivity index (χ0n) is 22.3. The topological polar surface area (TPSA) is 158 Å². The Morgan fingerprint density at radius 3 is 1.88 bits per heavy atom. The first kappa shape index (κ1) is 31.8. The molecule has 5 unspecified atom stereocenters. The molecular weight excluding hydrogens is 587 g/mol. The van der Waals surface area contributed by atoms with Gasteiger partial charge in [0.05, 0.1) is 5.57 Å². The van der Waals surface area contributed by atoms with E-state index >= 15 is 0 Å². The molecule has 0 spiro atoms. The van der Waals surface area contributed by atoms with E-state index in [1.807, 2.05) is 0 Å². The molecule has 0 N–H and O–H groups in total. The summed E-state index contributed by atoms with van der Waals surface area (Å²) >= 11 is 11.5. The van der Waals surface area contributed by atoms with E-state index in [9.17, 15) is 28.8 Å². The van der Waals surface area contributed by atoms with Gasteiger partial charge in [0.2, 0.25) is 18.2 Å². The summed E-state index contributed by atoms with van der Waals surface area (Å²) in [7, 11) is 0. The van der Waals surface area contributed by atoms with Gasteiger partial charge in [-0.05, 0) is 6.08 Å². The second-order valence-electron chi connectivity index (χ2n) is 8.89. The van der Waals surface area contributed by atoms with E-state index < -0.39 is 78.5 Å². The predicted molar refractivity (Wildman–Crippen MR) is 140 cm³/mol. The van der Waals surface area contributed by atoms with Gasteiger partial charge >= 0.3 is 23.9 Å². The third kappa shape index (κ3) is 7.93. The van der Waals surface area contributed by atoms with Gasteiger partial charge in [0.25, 0.3) is 0 Å². The molecule has 41 heavy (non-hydrogen) atoms. The van der Waals surface area contributed by atoms with Crippen molar-refractivity contribution >= 4 is 58.6 Å². The van der Waals surface area contributed by atoms with Gasteiger partial charge in [-0.1, -0.05) is 47.5 Å². The van der Waals surface area contributed by atoms with Gasteiger partial charge in [0, 0.05) is 45.2 Å². The number of ether oxygens (including phenoxy) is 6. The van der Waals surface area contributed by atoms with E-state index in [0.29, 0.717) is 0 Å². The second-order valence-corrected chi connectivity index (χ2v) is 9.90. The van der Waals surface area contributed by atoms with Crippen LogP contribution in [0.2, 0.25) is 0 Å². The maximum atomic E-state index is 13.6. The van der Waals surface area contributed by atoms with Crippen LogP contribution in [-0.4, -0.2) is 72.8 Å². The summed E-state index contributed by atoms with van der Waals surface area (Å²) < 4.78 is 32.8. The lowest BCUT2D eigenvalue weighted by Crippen LogP contribution is -2.63. The average molecular weight is 613 g/mol. The van der Waals surface area contributed by atoms with Crippen molar-refractivity contribution in [3.63, 3.8) is 0 Å². The number of hydrogen-bond acceptors (Lipinski definition) is 12. The lowest BCUT2D eigenvalue weighted by molar-refractivity contribution is -0.299. The molecule has 14 heteroatoms. The quantitative estimate of drug-likeness (QED) is 0.297. The van der Waals surface area contributed by atoms with Crippen molar-refractivity contribution in [3.05, 3.63) is 57.3 Å². The largest absolute Gasteiger partial charge is 0.463 e. The van der Waals surface area contributed by atoms with Gasteiger partial charge in [0.15, 0.2) is 23.8 Å².